The van der Waals surface area contributed by atoms with Gasteiger partial charge < -0.3 is 5.32 Å². The van der Waals surface area contributed by atoms with Crippen LogP contribution in [0.15, 0.2) is 18.2 Å². The van der Waals surface area contributed by atoms with Crippen LogP contribution >= 0.6 is 22.9 Å². The van der Waals surface area contributed by atoms with E-state index in [0.29, 0.717) is 11.8 Å². The van der Waals surface area contributed by atoms with Crippen molar-refractivity contribution in [1.29, 1.82) is 0 Å². The quantitative estimate of drug-likeness (QED) is 0.755. The Balaban J connectivity index is 1.43. The van der Waals surface area contributed by atoms with Gasteiger partial charge in [0.25, 0.3) is 0 Å². The van der Waals surface area contributed by atoms with E-state index < -0.39 is 0 Å². The number of aryl methyl sites for hydroxylation is 1. The number of carbonyl (C=O) groups excluding carboxylic acids is 1. The predicted octanol–water partition coefficient (Wildman–Crippen LogP) is 5.12. The highest BCUT2D eigenvalue weighted by Gasteiger charge is 2.60. The number of nitrogens with one attached hydrogen (secondary N) is 1. The number of thiazole rings is 1. The van der Waals surface area contributed by atoms with Crippen LogP contribution in [0.2, 0.25) is 0 Å². The monoisotopic (exact) mass is 360 g/mol. The molecule has 3 nitrogen and oxygen atoms in total. The fourth-order valence-electron chi connectivity index (χ4n) is 5.73. The molecule has 4 aliphatic rings. The third kappa shape index (κ3) is 2.30. The number of anilines is 1. The van der Waals surface area contributed by atoms with E-state index in [1.165, 1.54) is 12.0 Å². The lowest BCUT2D eigenvalue weighted by atomic mass is 9.49. The summed E-state index contributed by atoms with van der Waals surface area (Å²) in [5, 5.41) is 3.86. The molecule has 4 fully saturated rings. The average Bonchev–Trinajstić information content (AvgIpc) is 2.85. The molecule has 0 saturated heterocycles. The third-order valence-electron chi connectivity index (χ3n) is 6.24. The van der Waals surface area contributed by atoms with E-state index >= 15 is 0 Å². The largest absolute Gasteiger partial charge is 0.301 e. The minimum absolute atomic E-state index is 0.133. The second kappa shape index (κ2) is 4.95. The fraction of sp³-hybridized carbons (Fsp3) is 0.579. The van der Waals surface area contributed by atoms with Gasteiger partial charge >= 0.3 is 0 Å². The topological polar surface area (TPSA) is 42.0 Å². The zero-order valence-corrected chi connectivity index (χ0v) is 15.3. The van der Waals surface area contributed by atoms with Crippen LogP contribution in [0.4, 0.5) is 5.13 Å². The Morgan fingerprint density at radius 3 is 2.75 bits per heavy atom. The molecular formula is C19H21ClN2OS. The van der Waals surface area contributed by atoms with Gasteiger partial charge in [-0.05, 0) is 75.0 Å². The van der Waals surface area contributed by atoms with Gasteiger partial charge in [0.15, 0.2) is 5.13 Å². The second-order valence-electron chi connectivity index (χ2n) is 8.34. The molecule has 1 N–H and O–H groups in total. The molecule has 1 aromatic carbocycles. The first-order valence-corrected chi connectivity index (χ1v) is 10.0. The predicted molar refractivity (Wildman–Crippen MR) is 98.7 cm³/mol. The number of halogens is 1. The van der Waals surface area contributed by atoms with Gasteiger partial charge in [-0.25, -0.2) is 4.98 Å². The maximum Gasteiger partial charge on any atom is 0.232 e. The van der Waals surface area contributed by atoms with Crippen molar-refractivity contribution in [1.82, 2.24) is 4.98 Å². The third-order valence-corrected chi connectivity index (χ3v) is 7.61. The number of hydrogen-bond acceptors (Lipinski definition) is 3. The summed E-state index contributed by atoms with van der Waals surface area (Å²) in [6.45, 7) is 2.08. The maximum atomic E-state index is 13.1. The van der Waals surface area contributed by atoms with Crippen molar-refractivity contribution in [2.75, 3.05) is 5.32 Å². The summed E-state index contributed by atoms with van der Waals surface area (Å²) in [6, 6.07) is 6.21. The standard InChI is InChI=1S/C19H21ClN2OS/c1-11-2-3-14-15(4-11)24-17(21-14)22-16(23)18-6-12-5-13(7-18)9-19(20,8-12)10-18/h2-4,12-13H,5-10H2,1H3,(H,21,22,23)/t12-,13+,18?,19?. The Hall–Kier alpha value is -1.13. The van der Waals surface area contributed by atoms with Crippen LogP contribution in [0.1, 0.15) is 44.1 Å². The first-order chi connectivity index (χ1) is 11.4. The van der Waals surface area contributed by atoms with E-state index in [1.54, 1.807) is 11.3 Å². The molecule has 5 heteroatoms. The molecule has 6 rings (SSSR count). The van der Waals surface area contributed by atoms with Crippen molar-refractivity contribution >= 4 is 44.2 Å². The van der Waals surface area contributed by atoms with Crippen molar-refractivity contribution in [3.05, 3.63) is 23.8 Å². The lowest BCUT2D eigenvalue weighted by Gasteiger charge is -2.59. The minimum atomic E-state index is -0.264. The summed E-state index contributed by atoms with van der Waals surface area (Å²) in [4.78, 5) is 17.6. The molecule has 4 bridgehead atoms. The Morgan fingerprint density at radius 1 is 1.29 bits per heavy atom. The number of nitrogens with zero attached hydrogens (tertiary/aromatic N) is 1. The minimum Gasteiger partial charge on any atom is -0.301 e. The molecule has 1 aromatic heterocycles. The summed E-state index contributed by atoms with van der Waals surface area (Å²) in [7, 11) is 0. The number of hydrogen-bond donors (Lipinski definition) is 1. The number of aromatic nitrogens is 1. The van der Waals surface area contributed by atoms with Crippen LogP contribution in [0.5, 0.6) is 0 Å². The highest BCUT2D eigenvalue weighted by Crippen LogP contribution is 2.64. The van der Waals surface area contributed by atoms with Gasteiger partial charge in [-0.3, -0.25) is 4.79 Å². The first-order valence-electron chi connectivity index (χ1n) is 8.81. The lowest BCUT2D eigenvalue weighted by Crippen LogP contribution is -2.57. The maximum absolute atomic E-state index is 13.1. The number of rotatable bonds is 2. The van der Waals surface area contributed by atoms with Gasteiger partial charge in [0.2, 0.25) is 5.91 Å². The zero-order valence-electron chi connectivity index (χ0n) is 13.8. The summed E-state index contributed by atoms with van der Waals surface area (Å²) in [5.41, 5.74) is 1.91. The zero-order chi connectivity index (χ0) is 16.5. The normalized spacial score (nSPS) is 37.1. The Bertz CT molecular complexity index is 831. The van der Waals surface area contributed by atoms with Gasteiger partial charge in [-0.2, -0.15) is 0 Å². The SMILES string of the molecule is Cc1ccc2nc(NC(=O)C34C[C@@H]5C[C@@H](CC(Cl)(C5)C3)C4)sc2c1. The molecule has 4 aliphatic carbocycles. The van der Waals surface area contributed by atoms with Crippen molar-refractivity contribution in [2.45, 2.75) is 50.3 Å². The van der Waals surface area contributed by atoms with Crippen molar-refractivity contribution in [2.24, 2.45) is 17.3 Å². The molecule has 126 valence electrons. The Kier molecular flexibility index (Phi) is 3.12. The molecule has 2 aromatic rings. The van der Waals surface area contributed by atoms with E-state index in [1.807, 2.05) is 6.07 Å². The Morgan fingerprint density at radius 2 is 2.04 bits per heavy atom. The summed E-state index contributed by atoms with van der Waals surface area (Å²) in [6.07, 6.45) is 6.32. The van der Waals surface area contributed by atoms with Crippen LogP contribution in [-0.4, -0.2) is 15.8 Å². The summed E-state index contributed by atoms with van der Waals surface area (Å²) in [5.74, 6) is 1.41. The molecule has 24 heavy (non-hydrogen) atoms. The van der Waals surface area contributed by atoms with E-state index in [2.05, 4.69) is 29.4 Å². The number of alkyl halides is 1. The second-order valence-corrected chi connectivity index (χ2v) is 10.2. The number of carbonyl (C=O) groups is 1. The van der Waals surface area contributed by atoms with Gasteiger partial charge in [0, 0.05) is 4.87 Å². The van der Waals surface area contributed by atoms with E-state index in [4.69, 9.17) is 11.6 Å². The van der Waals surface area contributed by atoms with Crippen LogP contribution in [0.25, 0.3) is 10.2 Å². The van der Waals surface area contributed by atoms with E-state index in [9.17, 15) is 4.79 Å². The highest BCUT2D eigenvalue weighted by molar-refractivity contribution is 7.22. The van der Waals surface area contributed by atoms with Crippen molar-refractivity contribution in [3.63, 3.8) is 0 Å². The van der Waals surface area contributed by atoms with Crippen molar-refractivity contribution < 1.29 is 4.79 Å². The fourth-order valence-corrected chi connectivity index (χ4v) is 7.38. The highest BCUT2D eigenvalue weighted by atomic mass is 35.5. The van der Waals surface area contributed by atoms with Gasteiger partial charge in [-0.1, -0.05) is 17.4 Å². The van der Waals surface area contributed by atoms with E-state index in [0.717, 1.165) is 47.5 Å². The number of amides is 1. The molecule has 0 aliphatic heterocycles. The molecule has 4 saturated carbocycles. The molecular weight excluding hydrogens is 340 g/mol. The smallest absolute Gasteiger partial charge is 0.232 e. The molecule has 4 atom stereocenters. The Labute approximate surface area is 150 Å². The molecule has 0 radical (unpaired) electrons. The average molecular weight is 361 g/mol. The van der Waals surface area contributed by atoms with Gasteiger partial charge in [-0.15, -0.1) is 11.6 Å². The summed E-state index contributed by atoms with van der Waals surface area (Å²) >= 11 is 8.42. The molecule has 1 amide bonds. The number of benzene rings is 1. The van der Waals surface area contributed by atoms with Crippen LogP contribution < -0.4 is 5.32 Å². The molecule has 2 unspecified atom stereocenters. The van der Waals surface area contributed by atoms with E-state index in [-0.39, 0.29) is 16.2 Å². The molecule has 0 spiro atoms. The molecule has 1 heterocycles. The van der Waals surface area contributed by atoms with Gasteiger partial charge in [0.05, 0.1) is 15.6 Å². The van der Waals surface area contributed by atoms with Crippen LogP contribution in [0, 0.1) is 24.2 Å². The van der Waals surface area contributed by atoms with Crippen molar-refractivity contribution in [3.8, 4) is 0 Å². The first kappa shape index (κ1) is 15.2. The summed E-state index contributed by atoms with van der Waals surface area (Å²) < 4.78 is 1.13. The van der Waals surface area contributed by atoms with Crippen LogP contribution in [-0.2, 0) is 4.79 Å². The van der Waals surface area contributed by atoms with Gasteiger partial charge in [0.1, 0.15) is 0 Å². The number of fused-ring (bicyclic) bond motifs is 1. The van der Waals surface area contributed by atoms with Crippen LogP contribution in [0.3, 0.4) is 0 Å². The lowest BCUT2D eigenvalue weighted by molar-refractivity contribution is -0.138.